The van der Waals surface area contributed by atoms with Crippen molar-refractivity contribution in [2.75, 3.05) is 129 Å². The molecule has 2 saturated heterocycles. The molecule has 2 aliphatic heterocycles. The molecule has 2 aromatic heterocycles. The van der Waals surface area contributed by atoms with Crippen molar-refractivity contribution in [2.24, 2.45) is 0 Å². The van der Waals surface area contributed by atoms with Crippen LogP contribution in [0.2, 0.25) is 0 Å². The van der Waals surface area contributed by atoms with E-state index in [0.717, 1.165) is 104 Å². The SMILES string of the molecule is COC(=O)C(COC(=O)N1CCCNCCNCCCN(Cc2ccc(CN3CCCNCCNCCCNCC3)cc2)CC1)NC(=O)CCCC(NC(=O)c1ccc(NCc2cnc3nc(N)ncc3n2)cc1)C(=O)O. The lowest BCUT2D eigenvalue weighted by Crippen LogP contribution is -2.47. The number of aromatic nitrogens is 4. The van der Waals surface area contributed by atoms with E-state index in [1.54, 1.807) is 35.4 Å². The van der Waals surface area contributed by atoms with Gasteiger partial charge in [-0.3, -0.25) is 19.4 Å². The van der Waals surface area contributed by atoms with Crippen LogP contribution in [0.3, 0.4) is 0 Å². The summed E-state index contributed by atoms with van der Waals surface area (Å²) in [5.41, 5.74) is 10.5. The van der Waals surface area contributed by atoms with Gasteiger partial charge in [-0.1, -0.05) is 24.3 Å². The molecule has 2 aliphatic rings. The van der Waals surface area contributed by atoms with E-state index in [2.05, 4.69) is 96.5 Å². The molecule has 0 saturated carbocycles. The van der Waals surface area contributed by atoms with Gasteiger partial charge >= 0.3 is 18.0 Å². The summed E-state index contributed by atoms with van der Waals surface area (Å²) in [4.78, 5) is 88.3. The minimum Gasteiger partial charge on any atom is -0.480 e. The maximum Gasteiger partial charge on any atom is 0.409 e. The molecule has 77 heavy (non-hydrogen) atoms. The molecule has 0 spiro atoms. The van der Waals surface area contributed by atoms with Crippen molar-refractivity contribution < 1.29 is 38.6 Å². The van der Waals surface area contributed by atoms with E-state index in [1.807, 2.05) is 0 Å². The van der Waals surface area contributed by atoms with E-state index in [9.17, 15) is 29.1 Å². The highest BCUT2D eigenvalue weighted by molar-refractivity contribution is 5.97. The number of hydrogen-bond donors (Lipinski definition) is 10. The molecule has 4 heterocycles. The van der Waals surface area contributed by atoms with Crippen LogP contribution in [0.4, 0.5) is 16.4 Å². The fourth-order valence-corrected chi connectivity index (χ4v) is 8.85. The number of ether oxygens (including phenoxy) is 2. The number of nitrogens with zero attached hydrogens (tertiary/aromatic N) is 7. The zero-order chi connectivity index (χ0) is 54.5. The van der Waals surface area contributed by atoms with Crippen LogP contribution >= 0.6 is 0 Å². The van der Waals surface area contributed by atoms with Crippen LogP contribution in [0, 0.1) is 0 Å². The molecule has 24 nitrogen and oxygen atoms in total. The van der Waals surface area contributed by atoms with Crippen LogP contribution < -0.4 is 48.3 Å². The summed E-state index contributed by atoms with van der Waals surface area (Å²) >= 11 is 0. The maximum atomic E-state index is 13.8. The van der Waals surface area contributed by atoms with Crippen LogP contribution in [-0.4, -0.2) is 200 Å². The Morgan fingerprint density at radius 2 is 1.29 bits per heavy atom. The Hall–Kier alpha value is -6.67. The van der Waals surface area contributed by atoms with Crippen molar-refractivity contribution in [1.29, 1.82) is 0 Å². The van der Waals surface area contributed by atoms with Gasteiger partial charge < -0.3 is 67.7 Å². The summed E-state index contributed by atoms with van der Waals surface area (Å²) in [6.07, 6.45) is 6.05. The number of nitrogen functional groups attached to an aromatic ring is 1. The topological polar surface area (TPSA) is 308 Å². The van der Waals surface area contributed by atoms with Crippen LogP contribution in [0.15, 0.2) is 60.9 Å². The molecule has 2 aromatic carbocycles. The van der Waals surface area contributed by atoms with Crippen molar-refractivity contribution in [3.05, 3.63) is 83.3 Å². The average Bonchev–Trinajstić information content (AvgIpc) is 3.43. The van der Waals surface area contributed by atoms with E-state index >= 15 is 0 Å². The van der Waals surface area contributed by atoms with Crippen LogP contribution in [0.1, 0.15) is 72.1 Å². The highest BCUT2D eigenvalue weighted by Crippen LogP contribution is 2.15. The molecule has 3 amide bonds. The van der Waals surface area contributed by atoms with Gasteiger partial charge in [-0.15, -0.1) is 0 Å². The molecule has 24 heteroatoms. The molecule has 0 radical (unpaired) electrons. The lowest BCUT2D eigenvalue weighted by molar-refractivity contribution is -0.146. The summed E-state index contributed by atoms with van der Waals surface area (Å²) in [5, 5.41) is 35.8. The Morgan fingerprint density at radius 1 is 0.675 bits per heavy atom. The van der Waals surface area contributed by atoms with E-state index in [0.29, 0.717) is 68.2 Å². The van der Waals surface area contributed by atoms with E-state index in [4.69, 9.17) is 15.2 Å². The number of hydrogen-bond acceptors (Lipinski definition) is 20. The van der Waals surface area contributed by atoms with E-state index < -0.39 is 48.5 Å². The third-order valence-electron chi connectivity index (χ3n) is 13.2. The number of fused-ring (bicyclic) bond motifs is 1. The fraction of sp³-hybridized carbons (Fsp3) is 0.566. The van der Waals surface area contributed by atoms with Gasteiger partial charge in [0.25, 0.3) is 5.91 Å². The summed E-state index contributed by atoms with van der Waals surface area (Å²) < 4.78 is 10.6. The smallest absolute Gasteiger partial charge is 0.409 e. The number of amides is 3. The lowest BCUT2D eigenvalue weighted by atomic mass is 10.1. The third kappa shape index (κ3) is 22.1. The molecule has 4 aromatic rings. The van der Waals surface area contributed by atoms with Gasteiger partial charge in [0.1, 0.15) is 18.2 Å². The summed E-state index contributed by atoms with van der Waals surface area (Å²) in [5.74, 6) is -3.17. The minimum atomic E-state index is -1.31. The van der Waals surface area contributed by atoms with Gasteiger partial charge in [0.2, 0.25) is 11.9 Å². The van der Waals surface area contributed by atoms with Gasteiger partial charge in [-0.2, -0.15) is 4.98 Å². The number of carboxylic acids is 1. The molecule has 2 atom stereocenters. The molecule has 0 bridgehead atoms. The van der Waals surface area contributed by atoms with Gasteiger partial charge in [0.05, 0.1) is 31.7 Å². The van der Waals surface area contributed by atoms with Crippen molar-refractivity contribution in [3.8, 4) is 0 Å². The van der Waals surface area contributed by atoms with Crippen LogP contribution in [0.25, 0.3) is 11.2 Å². The first-order chi connectivity index (χ1) is 37.5. The van der Waals surface area contributed by atoms with Crippen LogP contribution in [-0.2, 0) is 43.5 Å². The Morgan fingerprint density at radius 3 is 1.92 bits per heavy atom. The molecule has 2 fully saturated rings. The zero-order valence-electron chi connectivity index (χ0n) is 44.5. The van der Waals surface area contributed by atoms with Crippen molar-refractivity contribution in [1.82, 2.24) is 71.9 Å². The number of carbonyl (C=O) groups excluding carboxylic acids is 4. The molecular weight excluding hydrogens is 989 g/mol. The number of anilines is 2. The number of aliphatic carboxylic acids is 1. The number of esters is 1. The Labute approximate surface area is 451 Å². The standard InChI is InChI=1S/C53H80N16O8/c1-76-51(74)46(64-47(70)8-2-7-44(50(72)73)65-49(71)41-13-15-42(16-14-41)60-33-43-34-61-48-45(63-43)35-62-52(54)66-48)38-77-53(75)69-29-6-21-58-25-24-57-20-5-28-68(31-32-69)37-40-11-9-39(10-12-40)36-67-27-4-19-56-23-22-55-17-3-18-59-26-30-67/h9-16,34-35,44,46,55-60H,2-8,17-33,36-38H2,1H3,(H,64,70)(H,65,71)(H,72,73)(H2,54,61,62,66). The molecular formula is C53H80N16O8. The second-order valence-corrected chi connectivity index (χ2v) is 19.2. The summed E-state index contributed by atoms with van der Waals surface area (Å²) in [7, 11) is 1.17. The quantitative estimate of drug-likeness (QED) is 0.0619. The Balaban J connectivity index is 0.957. The number of methoxy groups -OCH3 is 1. The number of benzene rings is 2. The second-order valence-electron chi connectivity index (χ2n) is 19.2. The molecule has 2 unspecified atom stereocenters. The highest BCUT2D eigenvalue weighted by atomic mass is 16.6. The predicted molar refractivity (Wildman–Crippen MR) is 293 cm³/mol. The summed E-state index contributed by atoms with van der Waals surface area (Å²) in [6.45, 7) is 14.8. The van der Waals surface area contributed by atoms with E-state index in [-0.39, 0.29) is 30.8 Å². The Bertz CT molecular complexity index is 2420. The molecule has 6 rings (SSSR count). The largest absolute Gasteiger partial charge is 0.480 e. The van der Waals surface area contributed by atoms with Crippen molar-refractivity contribution in [3.63, 3.8) is 0 Å². The predicted octanol–water partition coefficient (Wildman–Crippen LogP) is 0.904. The lowest BCUT2D eigenvalue weighted by Gasteiger charge is -2.29. The second kappa shape index (κ2) is 33.5. The fourth-order valence-electron chi connectivity index (χ4n) is 8.85. The third-order valence-corrected chi connectivity index (χ3v) is 13.2. The maximum absolute atomic E-state index is 13.8. The minimum absolute atomic E-state index is 0.0580. The average molecular weight is 1070 g/mol. The van der Waals surface area contributed by atoms with Gasteiger partial charge in [-0.25, -0.2) is 29.3 Å². The van der Waals surface area contributed by atoms with Gasteiger partial charge in [0.15, 0.2) is 11.7 Å². The van der Waals surface area contributed by atoms with Crippen molar-refractivity contribution in [2.45, 2.75) is 76.7 Å². The molecule has 420 valence electrons. The van der Waals surface area contributed by atoms with Crippen LogP contribution in [0.5, 0.6) is 0 Å². The first-order valence-corrected chi connectivity index (χ1v) is 27.0. The molecule has 11 N–H and O–H groups in total. The number of rotatable bonds is 18. The first kappa shape index (κ1) is 59.6. The van der Waals surface area contributed by atoms with Gasteiger partial charge in [0, 0.05) is 89.7 Å². The zero-order valence-corrected chi connectivity index (χ0v) is 44.5. The number of carbonyl (C=O) groups is 5. The summed E-state index contributed by atoms with van der Waals surface area (Å²) in [6, 6.07) is 12.7. The Kier molecular flexibility index (Phi) is 25.9. The normalized spacial score (nSPS) is 17.4. The first-order valence-electron chi connectivity index (χ1n) is 27.0. The monoisotopic (exact) mass is 1070 g/mol. The number of nitrogens with two attached hydrogens (primary N) is 1. The van der Waals surface area contributed by atoms with E-state index in [1.165, 1.54) is 24.4 Å². The highest BCUT2D eigenvalue weighted by Gasteiger charge is 2.27. The molecule has 0 aliphatic carbocycles. The number of carboxylic acid groups (broad SMARTS) is 1. The van der Waals surface area contributed by atoms with Gasteiger partial charge in [-0.05, 0) is 120 Å². The van der Waals surface area contributed by atoms with Crippen molar-refractivity contribution >= 4 is 52.6 Å². The number of nitrogens with one attached hydrogen (secondary N) is 8.